The molecule has 3 aromatic carbocycles. The molecule has 170 valence electrons. The van der Waals surface area contributed by atoms with Gasteiger partial charge < -0.3 is 19.9 Å². The number of ether oxygens (including phenoxy) is 1. The summed E-state index contributed by atoms with van der Waals surface area (Å²) in [5.41, 5.74) is 2.90. The van der Waals surface area contributed by atoms with Gasteiger partial charge in [-0.1, -0.05) is 25.1 Å². The molecule has 5 rings (SSSR count). The van der Waals surface area contributed by atoms with E-state index in [9.17, 15) is 10.2 Å². The first-order chi connectivity index (χ1) is 16.6. The highest BCUT2D eigenvalue weighted by atomic mass is 32.1. The monoisotopic (exact) mass is 468 g/mol. The van der Waals surface area contributed by atoms with E-state index < -0.39 is 0 Å². The van der Waals surface area contributed by atoms with Crippen LogP contribution in [0.2, 0.25) is 0 Å². The summed E-state index contributed by atoms with van der Waals surface area (Å²) in [7, 11) is 0. The van der Waals surface area contributed by atoms with Gasteiger partial charge >= 0.3 is 0 Å². The van der Waals surface area contributed by atoms with E-state index in [1.165, 1.54) is 0 Å². The fourth-order valence-corrected chi connectivity index (χ4v) is 4.91. The number of nitrogens with one attached hydrogen (secondary N) is 1. The molecule has 0 aliphatic heterocycles. The Hall–Kier alpha value is -4.03. The predicted molar refractivity (Wildman–Crippen MR) is 139 cm³/mol. The van der Waals surface area contributed by atoms with Crippen molar-refractivity contribution in [3.05, 3.63) is 90.0 Å². The van der Waals surface area contributed by atoms with Crippen LogP contribution in [0.4, 0.5) is 0 Å². The largest absolute Gasteiger partial charge is 0.508 e. The number of benzene rings is 3. The van der Waals surface area contributed by atoms with Gasteiger partial charge in [0.1, 0.15) is 23.1 Å². The van der Waals surface area contributed by atoms with E-state index >= 15 is 0 Å². The van der Waals surface area contributed by atoms with Crippen LogP contribution in [0.3, 0.4) is 0 Å². The van der Waals surface area contributed by atoms with Crippen molar-refractivity contribution in [3.63, 3.8) is 0 Å². The SMILES string of the molecule is CCCc1nc(/C=C/c2ccc(Oc3c(-c4ccc(O)cc4)sc4cc(O)ccc34)cc2)c[nH]1. The molecule has 0 amide bonds. The molecule has 0 radical (unpaired) electrons. The third kappa shape index (κ3) is 4.67. The summed E-state index contributed by atoms with van der Waals surface area (Å²) in [6.07, 6.45) is 7.95. The molecule has 6 heteroatoms. The van der Waals surface area contributed by atoms with Crippen molar-refractivity contribution in [2.45, 2.75) is 19.8 Å². The van der Waals surface area contributed by atoms with Crippen molar-refractivity contribution >= 4 is 33.6 Å². The van der Waals surface area contributed by atoms with E-state index in [1.807, 2.05) is 60.8 Å². The van der Waals surface area contributed by atoms with Crippen molar-refractivity contribution in [1.82, 2.24) is 9.97 Å². The molecule has 0 atom stereocenters. The highest BCUT2D eigenvalue weighted by Crippen LogP contribution is 2.47. The molecule has 0 bridgehead atoms. The van der Waals surface area contributed by atoms with Crippen LogP contribution >= 0.6 is 11.3 Å². The number of fused-ring (bicyclic) bond motifs is 1. The lowest BCUT2D eigenvalue weighted by Crippen LogP contribution is -1.86. The second-order valence-corrected chi connectivity index (χ2v) is 9.07. The maximum absolute atomic E-state index is 9.94. The van der Waals surface area contributed by atoms with Crippen LogP contribution in [0.5, 0.6) is 23.0 Å². The second-order valence-electron chi connectivity index (χ2n) is 8.01. The first-order valence-corrected chi connectivity index (χ1v) is 12.0. The number of rotatable bonds is 7. The summed E-state index contributed by atoms with van der Waals surface area (Å²) in [6, 6.07) is 20.2. The zero-order valence-electron chi connectivity index (χ0n) is 18.7. The quantitative estimate of drug-likeness (QED) is 0.230. The summed E-state index contributed by atoms with van der Waals surface area (Å²) < 4.78 is 7.29. The molecule has 5 aromatic rings. The molecule has 0 saturated heterocycles. The number of hydrogen-bond acceptors (Lipinski definition) is 5. The summed E-state index contributed by atoms with van der Waals surface area (Å²) in [6.45, 7) is 2.14. The Morgan fingerprint density at radius 2 is 1.71 bits per heavy atom. The first kappa shape index (κ1) is 21.8. The molecule has 3 N–H and O–H groups in total. The topological polar surface area (TPSA) is 78.4 Å². The number of hydrogen-bond donors (Lipinski definition) is 3. The third-order valence-electron chi connectivity index (χ3n) is 5.44. The van der Waals surface area contributed by atoms with Crippen molar-refractivity contribution in [2.75, 3.05) is 0 Å². The molecule has 0 aliphatic rings. The zero-order valence-corrected chi connectivity index (χ0v) is 19.5. The van der Waals surface area contributed by atoms with Gasteiger partial charge in [-0.05, 0) is 78.2 Å². The summed E-state index contributed by atoms with van der Waals surface area (Å²) in [4.78, 5) is 8.70. The highest BCUT2D eigenvalue weighted by Gasteiger charge is 2.17. The Labute approximate surface area is 201 Å². The third-order valence-corrected chi connectivity index (χ3v) is 6.62. The minimum absolute atomic E-state index is 0.213. The standard InChI is InChI=1S/C28H24N2O3S/c1-2-3-26-29-17-20(30-26)9-4-18-5-13-23(14-6-18)33-27-24-15-12-22(32)16-25(24)34-28(27)19-7-10-21(31)11-8-19/h4-17,31-32H,2-3H2,1H3,(H,29,30)/b9-4+. The maximum Gasteiger partial charge on any atom is 0.153 e. The number of phenolic OH excluding ortho intramolecular Hbond substituents is 2. The van der Waals surface area contributed by atoms with Gasteiger partial charge in [0.05, 0.1) is 10.6 Å². The van der Waals surface area contributed by atoms with Gasteiger partial charge in [-0.2, -0.15) is 0 Å². The number of H-pyrrole nitrogens is 1. The van der Waals surface area contributed by atoms with E-state index in [0.29, 0.717) is 0 Å². The number of aromatic amines is 1. The number of aryl methyl sites for hydroxylation is 1. The van der Waals surface area contributed by atoms with Gasteiger partial charge in [0.25, 0.3) is 0 Å². The molecule has 0 spiro atoms. The number of aromatic hydroxyl groups is 2. The molecule has 0 unspecified atom stereocenters. The van der Waals surface area contributed by atoms with Crippen LogP contribution in [0.15, 0.2) is 72.9 Å². The van der Waals surface area contributed by atoms with Gasteiger partial charge in [-0.25, -0.2) is 4.98 Å². The van der Waals surface area contributed by atoms with Gasteiger partial charge in [0, 0.05) is 22.7 Å². The summed E-state index contributed by atoms with van der Waals surface area (Å²) in [5, 5.41) is 20.5. The van der Waals surface area contributed by atoms with Crippen LogP contribution in [0.25, 0.3) is 32.7 Å². The van der Waals surface area contributed by atoms with Gasteiger partial charge in [-0.15, -0.1) is 11.3 Å². The number of phenols is 2. The Kier molecular flexibility index (Phi) is 6.06. The molecular weight excluding hydrogens is 444 g/mol. The number of thiophene rings is 1. The molecule has 0 aliphatic carbocycles. The normalized spacial score (nSPS) is 11.4. The van der Waals surface area contributed by atoms with E-state index in [1.54, 1.807) is 35.6 Å². The zero-order chi connectivity index (χ0) is 23.5. The van der Waals surface area contributed by atoms with Crippen LogP contribution in [-0.4, -0.2) is 20.2 Å². The lowest BCUT2D eigenvalue weighted by molar-refractivity contribution is 0.475. The smallest absolute Gasteiger partial charge is 0.153 e. The average Bonchev–Trinajstić information content (AvgIpc) is 3.43. The first-order valence-electron chi connectivity index (χ1n) is 11.1. The van der Waals surface area contributed by atoms with Crippen molar-refractivity contribution in [1.29, 1.82) is 0 Å². The van der Waals surface area contributed by atoms with Crippen LogP contribution < -0.4 is 4.74 Å². The van der Waals surface area contributed by atoms with Crippen molar-refractivity contribution in [2.24, 2.45) is 0 Å². The Morgan fingerprint density at radius 1 is 0.941 bits per heavy atom. The van der Waals surface area contributed by atoms with Crippen molar-refractivity contribution in [3.8, 4) is 33.4 Å². The maximum atomic E-state index is 9.94. The molecule has 0 saturated carbocycles. The Bertz CT molecular complexity index is 1450. The van der Waals surface area contributed by atoms with E-state index in [2.05, 4.69) is 16.9 Å². The van der Waals surface area contributed by atoms with Crippen LogP contribution in [0.1, 0.15) is 30.4 Å². The lowest BCUT2D eigenvalue weighted by atomic mass is 10.1. The molecule has 5 nitrogen and oxygen atoms in total. The molecule has 2 aromatic heterocycles. The average molecular weight is 469 g/mol. The predicted octanol–water partition coefficient (Wildman–Crippen LogP) is 7.62. The number of imidazole rings is 1. The molecular formula is C28H24N2O3S. The minimum atomic E-state index is 0.213. The molecule has 2 heterocycles. The Balaban J connectivity index is 1.41. The van der Waals surface area contributed by atoms with Crippen LogP contribution in [-0.2, 0) is 6.42 Å². The number of nitrogens with zero attached hydrogens (tertiary/aromatic N) is 1. The van der Waals surface area contributed by atoms with Crippen molar-refractivity contribution < 1.29 is 14.9 Å². The fourth-order valence-electron chi connectivity index (χ4n) is 3.74. The minimum Gasteiger partial charge on any atom is -0.508 e. The van der Waals surface area contributed by atoms with E-state index in [-0.39, 0.29) is 11.5 Å². The van der Waals surface area contributed by atoms with Gasteiger partial charge in [-0.3, -0.25) is 0 Å². The number of aromatic nitrogens is 2. The van der Waals surface area contributed by atoms with Crippen LogP contribution in [0, 0.1) is 0 Å². The summed E-state index contributed by atoms with van der Waals surface area (Å²) in [5.74, 6) is 2.88. The summed E-state index contributed by atoms with van der Waals surface area (Å²) >= 11 is 1.54. The second kappa shape index (κ2) is 9.45. The molecule has 0 fully saturated rings. The highest BCUT2D eigenvalue weighted by molar-refractivity contribution is 7.22. The fraction of sp³-hybridized carbons (Fsp3) is 0.107. The van der Waals surface area contributed by atoms with E-state index in [0.717, 1.165) is 61.9 Å². The molecule has 34 heavy (non-hydrogen) atoms. The van der Waals surface area contributed by atoms with E-state index in [4.69, 9.17) is 4.74 Å². The van der Waals surface area contributed by atoms with Gasteiger partial charge in [0.15, 0.2) is 5.75 Å². The Morgan fingerprint density at radius 3 is 2.47 bits per heavy atom. The lowest BCUT2D eigenvalue weighted by Gasteiger charge is -2.09. The van der Waals surface area contributed by atoms with Gasteiger partial charge in [0.2, 0.25) is 0 Å².